The Bertz CT molecular complexity index is 408. The van der Waals surface area contributed by atoms with Crippen LogP contribution in [0.5, 0.6) is 0 Å². The van der Waals surface area contributed by atoms with Crippen molar-refractivity contribution in [1.29, 1.82) is 0 Å². The van der Waals surface area contributed by atoms with Crippen LogP contribution >= 0.6 is 11.6 Å². The molecule has 108 valence electrons. The molecule has 1 aromatic heterocycles. The van der Waals surface area contributed by atoms with Crippen molar-refractivity contribution < 1.29 is 9.84 Å². The Labute approximate surface area is 119 Å². The van der Waals surface area contributed by atoms with Crippen molar-refractivity contribution in [2.75, 3.05) is 13.7 Å². The molecule has 1 fully saturated rings. The number of ether oxygens (including phenoxy) is 1. The minimum atomic E-state index is -0.511. The molecule has 0 aromatic carbocycles. The summed E-state index contributed by atoms with van der Waals surface area (Å²) in [5, 5.41) is 15.4. The molecule has 0 saturated heterocycles. The van der Waals surface area contributed by atoms with Crippen LogP contribution in [0, 0.1) is 11.8 Å². The fourth-order valence-electron chi connectivity index (χ4n) is 3.02. The zero-order valence-corrected chi connectivity index (χ0v) is 12.4. The maximum Gasteiger partial charge on any atom is 0.0999 e. The summed E-state index contributed by atoms with van der Waals surface area (Å²) in [4.78, 5) is 0. The van der Waals surface area contributed by atoms with Gasteiger partial charge in [0.15, 0.2) is 0 Å². The largest absolute Gasteiger partial charge is 0.386 e. The third-order valence-corrected chi connectivity index (χ3v) is 4.52. The molecular formula is C14H23ClN2O2. The Morgan fingerprint density at radius 2 is 2.37 bits per heavy atom. The Morgan fingerprint density at radius 3 is 3.00 bits per heavy atom. The van der Waals surface area contributed by atoms with Gasteiger partial charge in [-0.15, -0.1) is 0 Å². The number of nitrogens with zero attached hydrogens (tertiary/aromatic N) is 2. The molecule has 0 amide bonds. The van der Waals surface area contributed by atoms with Crippen LogP contribution < -0.4 is 0 Å². The van der Waals surface area contributed by atoms with E-state index in [0.717, 1.165) is 24.5 Å². The van der Waals surface area contributed by atoms with Gasteiger partial charge in [0.1, 0.15) is 0 Å². The second-order valence-corrected chi connectivity index (χ2v) is 5.79. The van der Waals surface area contributed by atoms with Crippen molar-refractivity contribution in [3.8, 4) is 0 Å². The fourth-order valence-corrected chi connectivity index (χ4v) is 3.27. The predicted molar refractivity (Wildman–Crippen MR) is 75.2 cm³/mol. The highest BCUT2D eigenvalue weighted by Gasteiger charge is 2.32. The molecule has 3 atom stereocenters. The van der Waals surface area contributed by atoms with Gasteiger partial charge in [-0.25, -0.2) is 0 Å². The predicted octanol–water partition coefficient (Wildman–Crippen LogP) is 3.04. The van der Waals surface area contributed by atoms with Gasteiger partial charge in [0.2, 0.25) is 0 Å². The topological polar surface area (TPSA) is 47.3 Å². The van der Waals surface area contributed by atoms with Crippen molar-refractivity contribution in [1.82, 2.24) is 9.78 Å². The fraction of sp³-hybridized carbons (Fsp3) is 0.786. The van der Waals surface area contributed by atoms with E-state index in [1.165, 1.54) is 12.8 Å². The molecule has 0 spiro atoms. The smallest absolute Gasteiger partial charge is 0.0999 e. The van der Waals surface area contributed by atoms with Crippen molar-refractivity contribution in [3.63, 3.8) is 0 Å². The minimum absolute atomic E-state index is 0.306. The maximum atomic E-state index is 10.6. The summed E-state index contributed by atoms with van der Waals surface area (Å²) in [5.41, 5.74) is 0.750. The van der Waals surface area contributed by atoms with Gasteiger partial charge in [0.25, 0.3) is 0 Å². The summed E-state index contributed by atoms with van der Waals surface area (Å²) in [6.45, 7) is 3.41. The molecule has 0 aliphatic heterocycles. The van der Waals surface area contributed by atoms with Gasteiger partial charge in [-0.3, -0.25) is 4.68 Å². The van der Waals surface area contributed by atoms with Gasteiger partial charge in [-0.05, 0) is 24.7 Å². The monoisotopic (exact) mass is 286 g/mol. The van der Waals surface area contributed by atoms with E-state index >= 15 is 0 Å². The molecular weight excluding hydrogens is 264 g/mol. The van der Waals surface area contributed by atoms with Crippen molar-refractivity contribution in [2.45, 2.75) is 45.3 Å². The summed E-state index contributed by atoms with van der Waals surface area (Å²) >= 11 is 6.18. The van der Waals surface area contributed by atoms with E-state index in [-0.39, 0.29) is 0 Å². The molecule has 1 saturated carbocycles. The molecule has 4 nitrogen and oxygen atoms in total. The lowest BCUT2D eigenvalue weighted by Gasteiger charge is -2.20. The van der Waals surface area contributed by atoms with E-state index in [1.807, 2.05) is 0 Å². The lowest BCUT2D eigenvalue weighted by molar-refractivity contribution is 0.0964. The second-order valence-electron chi connectivity index (χ2n) is 5.39. The first kappa shape index (κ1) is 14.8. The van der Waals surface area contributed by atoms with Crippen LogP contribution in [-0.4, -0.2) is 28.6 Å². The number of aromatic nitrogens is 2. The molecule has 0 bridgehead atoms. The number of rotatable bonds is 6. The van der Waals surface area contributed by atoms with Gasteiger partial charge in [0, 0.05) is 7.11 Å². The van der Waals surface area contributed by atoms with E-state index in [4.69, 9.17) is 16.3 Å². The first-order valence-corrected chi connectivity index (χ1v) is 7.43. The number of aliphatic hydroxyl groups is 1. The third kappa shape index (κ3) is 3.30. The highest BCUT2D eigenvalue weighted by atomic mass is 35.5. The molecule has 1 aromatic rings. The standard InChI is InChI=1S/C14H23ClN2O2/c1-3-10-4-5-11(8-10)14(18)13-12(15)9-16-17(13)6-7-19-2/h9-11,14,18H,3-8H2,1-2H3. The number of methoxy groups -OCH3 is 1. The number of aliphatic hydroxyl groups excluding tert-OH is 1. The van der Waals surface area contributed by atoms with Gasteiger partial charge in [-0.1, -0.05) is 31.4 Å². The van der Waals surface area contributed by atoms with Crippen LogP contribution in [0.25, 0.3) is 0 Å². The molecule has 2 rings (SSSR count). The number of halogens is 1. The van der Waals surface area contributed by atoms with Crippen LogP contribution in [0.15, 0.2) is 6.20 Å². The average molecular weight is 287 g/mol. The van der Waals surface area contributed by atoms with Crippen molar-refractivity contribution in [3.05, 3.63) is 16.9 Å². The third-order valence-electron chi connectivity index (χ3n) is 4.23. The van der Waals surface area contributed by atoms with E-state index in [1.54, 1.807) is 18.0 Å². The summed E-state index contributed by atoms with van der Waals surface area (Å²) in [6.07, 6.45) is 5.67. The molecule has 1 aliphatic carbocycles. The molecule has 19 heavy (non-hydrogen) atoms. The first-order chi connectivity index (χ1) is 9.17. The molecule has 5 heteroatoms. The van der Waals surface area contributed by atoms with Crippen LogP contribution in [0.3, 0.4) is 0 Å². The van der Waals surface area contributed by atoms with E-state index in [9.17, 15) is 5.11 Å². The van der Waals surface area contributed by atoms with Crippen molar-refractivity contribution in [2.24, 2.45) is 11.8 Å². The maximum absolute atomic E-state index is 10.6. The minimum Gasteiger partial charge on any atom is -0.386 e. The molecule has 1 aliphatic rings. The van der Waals surface area contributed by atoms with E-state index in [0.29, 0.717) is 24.1 Å². The van der Waals surface area contributed by atoms with Gasteiger partial charge >= 0.3 is 0 Å². The van der Waals surface area contributed by atoms with Gasteiger partial charge in [-0.2, -0.15) is 5.10 Å². The average Bonchev–Trinajstić information content (AvgIpc) is 3.02. The Balaban J connectivity index is 2.09. The van der Waals surface area contributed by atoms with Crippen LogP contribution in [0.2, 0.25) is 5.02 Å². The molecule has 1 heterocycles. The molecule has 1 N–H and O–H groups in total. The molecule has 3 unspecified atom stereocenters. The normalized spacial score (nSPS) is 24.8. The summed E-state index contributed by atoms with van der Waals surface area (Å²) in [6, 6.07) is 0. The lowest BCUT2D eigenvalue weighted by atomic mass is 9.96. The van der Waals surface area contributed by atoms with Gasteiger partial charge in [0.05, 0.1) is 36.2 Å². The Kier molecular flexibility index (Phi) is 5.25. The second kappa shape index (κ2) is 6.73. The van der Waals surface area contributed by atoms with Crippen LogP contribution in [0.1, 0.15) is 44.4 Å². The Hall–Kier alpha value is -0.580. The summed E-state index contributed by atoms with van der Waals surface area (Å²) in [5.74, 6) is 1.05. The quantitative estimate of drug-likeness (QED) is 0.874. The zero-order chi connectivity index (χ0) is 13.8. The van der Waals surface area contributed by atoms with E-state index < -0.39 is 6.10 Å². The van der Waals surface area contributed by atoms with Crippen molar-refractivity contribution >= 4 is 11.6 Å². The number of hydrogen-bond acceptors (Lipinski definition) is 3. The summed E-state index contributed by atoms with van der Waals surface area (Å²) < 4.78 is 6.84. The summed E-state index contributed by atoms with van der Waals surface area (Å²) in [7, 11) is 1.66. The SMILES string of the molecule is CCC1CCC(C(O)c2c(Cl)cnn2CCOC)C1. The van der Waals surface area contributed by atoms with Gasteiger partial charge < -0.3 is 9.84 Å². The zero-order valence-electron chi connectivity index (χ0n) is 11.7. The van der Waals surface area contributed by atoms with Crippen LogP contribution in [0.4, 0.5) is 0 Å². The number of hydrogen-bond donors (Lipinski definition) is 1. The highest BCUT2D eigenvalue weighted by molar-refractivity contribution is 6.31. The van der Waals surface area contributed by atoms with E-state index in [2.05, 4.69) is 12.0 Å². The highest BCUT2D eigenvalue weighted by Crippen LogP contribution is 2.41. The lowest BCUT2D eigenvalue weighted by Crippen LogP contribution is -2.17. The molecule has 0 radical (unpaired) electrons. The first-order valence-electron chi connectivity index (χ1n) is 7.05. The Morgan fingerprint density at radius 1 is 1.58 bits per heavy atom. The van der Waals surface area contributed by atoms with Crippen LogP contribution in [-0.2, 0) is 11.3 Å².